The molecular weight excluding hydrogens is 307 g/mol. The first-order valence-corrected chi connectivity index (χ1v) is 6.93. The van der Waals surface area contributed by atoms with E-state index in [-0.39, 0.29) is 4.88 Å². The zero-order valence-electron chi connectivity index (χ0n) is 9.91. The molecule has 0 unspecified atom stereocenters. The van der Waals surface area contributed by atoms with E-state index < -0.39 is 5.97 Å². The van der Waals surface area contributed by atoms with Crippen molar-refractivity contribution in [3.05, 3.63) is 44.4 Å². The van der Waals surface area contributed by atoms with Gasteiger partial charge in [0.15, 0.2) is 5.13 Å². The number of nitrogens with one attached hydrogen (secondary N) is 1. The number of carboxylic acids is 1. The number of thiazole rings is 1. The molecule has 19 heavy (non-hydrogen) atoms. The van der Waals surface area contributed by atoms with E-state index in [1.54, 1.807) is 25.1 Å². The maximum Gasteiger partial charge on any atom is 0.347 e. The van der Waals surface area contributed by atoms with E-state index in [2.05, 4.69) is 10.3 Å². The van der Waals surface area contributed by atoms with E-state index in [0.717, 1.165) is 16.9 Å². The van der Waals surface area contributed by atoms with Gasteiger partial charge >= 0.3 is 5.97 Å². The number of rotatable bonds is 4. The van der Waals surface area contributed by atoms with Gasteiger partial charge in [-0.1, -0.05) is 40.6 Å². The van der Waals surface area contributed by atoms with E-state index in [4.69, 9.17) is 28.3 Å². The molecule has 0 saturated carbocycles. The van der Waals surface area contributed by atoms with Gasteiger partial charge in [-0.3, -0.25) is 0 Å². The highest BCUT2D eigenvalue weighted by molar-refractivity contribution is 7.17. The number of nitrogens with zero attached hydrogens (tertiary/aromatic N) is 1. The molecule has 0 saturated heterocycles. The van der Waals surface area contributed by atoms with Crippen LogP contribution in [-0.4, -0.2) is 16.1 Å². The zero-order chi connectivity index (χ0) is 14.0. The number of hydrogen-bond donors (Lipinski definition) is 2. The molecule has 0 amide bonds. The average Bonchev–Trinajstić information content (AvgIpc) is 2.70. The summed E-state index contributed by atoms with van der Waals surface area (Å²) in [7, 11) is 0. The van der Waals surface area contributed by atoms with Gasteiger partial charge in [-0.25, -0.2) is 9.78 Å². The first kappa shape index (κ1) is 14.1. The van der Waals surface area contributed by atoms with Crippen LogP contribution in [0.5, 0.6) is 0 Å². The summed E-state index contributed by atoms with van der Waals surface area (Å²) in [6.07, 6.45) is 0. The van der Waals surface area contributed by atoms with E-state index >= 15 is 0 Å². The Bertz CT molecular complexity index is 608. The van der Waals surface area contributed by atoms with Crippen LogP contribution in [0.3, 0.4) is 0 Å². The lowest BCUT2D eigenvalue weighted by atomic mass is 10.2. The number of aromatic nitrogens is 1. The molecule has 0 radical (unpaired) electrons. The van der Waals surface area contributed by atoms with Crippen LogP contribution >= 0.6 is 34.5 Å². The lowest BCUT2D eigenvalue weighted by molar-refractivity contribution is 0.0701. The third-order valence-corrected chi connectivity index (χ3v) is 4.28. The van der Waals surface area contributed by atoms with E-state index in [9.17, 15) is 4.79 Å². The standard InChI is InChI=1S/C12H10Cl2N2O2S/c1-6-10(11(17)18)19-12(16-6)15-5-7-8(13)3-2-4-9(7)14/h2-4H,5H2,1H3,(H,15,16)(H,17,18). The van der Waals surface area contributed by atoms with Crippen LogP contribution < -0.4 is 5.32 Å². The van der Waals surface area contributed by atoms with Crippen molar-refractivity contribution in [2.45, 2.75) is 13.5 Å². The molecule has 0 fully saturated rings. The first-order valence-electron chi connectivity index (χ1n) is 5.36. The van der Waals surface area contributed by atoms with Crippen LogP contribution in [0.2, 0.25) is 10.0 Å². The molecule has 1 heterocycles. The highest BCUT2D eigenvalue weighted by atomic mass is 35.5. The smallest absolute Gasteiger partial charge is 0.347 e. The molecule has 0 spiro atoms. The Hall–Kier alpha value is -1.30. The minimum absolute atomic E-state index is 0.229. The van der Waals surface area contributed by atoms with Crippen LogP contribution in [0, 0.1) is 6.92 Å². The predicted molar refractivity (Wildman–Crippen MR) is 77.6 cm³/mol. The van der Waals surface area contributed by atoms with Crippen LogP contribution in [0.25, 0.3) is 0 Å². The van der Waals surface area contributed by atoms with Gasteiger partial charge in [0.2, 0.25) is 0 Å². The van der Waals surface area contributed by atoms with Crippen molar-refractivity contribution in [2.75, 3.05) is 5.32 Å². The van der Waals surface area contributed by atoms with Gasteiger partial charge in [0, 0.05) is 22.2 Å². The maximum absolute atomic E-state index is 10.9. The molecule has 0 aliphatic heterocycles. The van der Waals surface area contributed by atoms with Crippen molar-refractivity contribution >= 4 is 45.6 Å². The van der Waals surface area contributed by atoms with Crippen molar-refractivity contribution in [1.29, 1.82) is 0 Å². The molecule has 2 N–H and O–H groups in total. The molecule has 0 bridgehead atoms. The summed E-state index contributed by atoms with van der Waals surface area (Å²) in [5.41, 5.74) is 1.25. The summed E-state index contributed by atoms with van der Waals surface area (Å²) < 4.78 is 0. The normalized spacial score (nSPS) is 10.5. The van der Waals surface area contributed by atoms with Crippen molar-refractivity contribution in [3.8, 4) is 0 Å². The number of carbonyl (C=O) groups is 1. The number of aryl methyl sites for hydroxylation is 1. The maximum atomic E-state index is 10.9. The van der Waals surface area contributed by atoms with E-state index in [0.29, 0.717) is 27.4 Å². The number of benzene rings is 1. The minimum atomic E-state index is -0.973. The molecule has 1 aromatic carbocycles. The summed E-state index contributed by atoms with van der Waals surface area (Å²) in [5, 5.41) is 13.6. The van der Waals surface area contributed by atoms with Gasteiger partial charge in [0.05, 0.1) is 5.69 Å². The fraction of sp³-hybridized carbons (Fsp3) is 0.167. The summed E-state index contributed by atoms with van der Waals surface area (Å²) >= 11 is 13.2. The Morgan fingerprint density at radius 1 is 1.42 bits per heavy atom. The van der Waals surface area contributed by atoms with Crippen LogP contribution in [0.15, 0.2) is 18.2 Å². The SMILES string of the molecule is Cc1nc(NCc2c(Cl)cccc2Cl)sc1C(=O)O. The van der Waals surface area contributed by atoms with Gasteiger partial charge in [-0.05, 0) is 19.1 Å². The Labute approximate surface area is 124 Å². The van der Waals surface area contributed by atoms with E-state index in [1.807, 2.05) is 0 Å². The Kier molecular flexibility index (Phi) is 4.29. The van der Waals surface area contributed by atoms with Crippen LogP contribution in [-0.2, 0) is 6.54 Å². The molecule has 0 atom stereocenters. The van der Waals surface area contributed by atoms with Crippen molar-refractivity contribution in [1.82, 2.24) is 4.98 Å². The monoisotopic (exact) mass is 316 g/mol. The topological polar surface area (TPSA) is 62.2 Å². The second kappa shape index (κ2) is 5.77. The van der Waals surface area contributed by atoms with E-state index in [1.165, 1.54) is 0 Å². The highest BCUT2D eigenvalue weighted by Crippen LogP contribution is 2.27. The van der Waals surface area contributed by atoms with Gasteiger partial charge < -0.3 is 10.4 Å². The fourth-order valence-corrected chi connectivity index (χ4v) is 2.87. The van der Waals surface area contributed by atoms with Gasteiger partial charge in [0.25, 0.3) is 0 Å². The molecule has 2 aromatic rings. The quantitative estimate of drug-likeness (QED) is 0.892. The number of aromatic carboxylic acids is 1. The number of hydrogen-bond acceptors (Lipinski definition) is 4. The zero-order valence-corrected chi connectivity index (χ0v) is 12.2. The van der Waals surface area contributed by atoms with Crippen LogP contribution in [0.4, 0.5) is 5.13 Å². The number of halogens is 2. The third kappa shape index (κ3) is 3.18. The predicted octanol–water partition coefficient (Wildman–Crippen LogP) is 4.07. The second-order valence-electron chi connectivity index (χ2n) is 3.79. The summed E-state index contributed by atoms with van der Waals surface area (Å²) in [6, 6.07) is 5.27. The molecule has 0 aliphatic carbocycles. The van der Waals surface area contributed by atoms with Crippen LogP contribution in [0.1, 0.15) is 20.9 Å². The molecule has 0 aliphatic rings. The second-order valence-corrected chi connectivity index (χ2v) is 5.61. The fourth-order valence-electron chi connectivity index (χ4n) is 1.54. The molecule has 7 heteroatoms. The largest absolute Gasteiger partial charge is 0.477 e. The Morgan fingerprint density at radius 3 is 2.58 bits per heavy atom. The van der Waals surface area contributed by atoms with Crippen molar-refractivity contribution in [3.63, 3.8) is 0 Å². The average molecular weight is 317 g/mol. The van der Waals surface area contributed by atoms with Crippen molar-refractivity contribution in [2.24, 2.45) is 0 Å². The Morgan fingerprint density at radius 2 is 2.05 bits per heavy atom. The molecule has 1 aromatic heterocycles. The molecule has 4 nitrogen and oxygen atoms in total. The Balaban J connectivity index is 2.15. The van der Waals surface area contributed by atoms with Gasteiger partial charge in [0.1, 0.15) is 4.88 Å². The lowest BCUT2D eigenvalue weighted by Crippen LogP contribution is -2.00. The van der Waals surface area contributed by atoms with Gasteiger partial charge in [-0.2, -0.15) is 0 Å². The summed E-state index contributed by atoms with van der Waals surface area (Å²) in [5.74, 6) is -0.973. The van der Waals surface area contributed by atoms with Crippen molar-refractivity contribution < 1.29 is 9.90 Å². The highest BCUT2D eigenvalue weighted by Gasteiger charge is 2.14. The molecular formula is C12H10Cl2N2O2S. The summed E-state index contributed by atoms with van der Waals surface area (Å²) in [4.78, 5) is 15.3. The minimum Gasteiger partial charge on any atom is -0.477 e. The number of carboxylic acid groups (broad SMARTS) is 1. The number of anilines is 1. The first-order chi connectivity index (χ1) is 8.99. The van der Waals surface area contributed by atoms with Gasteiger partial charge in [-0.15, -0.1) is 0 Å². The molecule has 100 valence electrons. The summed E-state index contributed by atoms with van der Waals surface area (Å²) in [6.45, 7) is 2.05. The third-order valence-electron chi connectivity index (χ3n) is 2.47. The lowest BCUT2D eigenvalue weighted by Gasteiger charge is -2.07. The molecule has 2 rings (SSSR count).